The Morgan fingerprint density at radius 1 is 1.21 bits per heavy atom. The standard InChI is InChI=1S/C28H36F2N4O4S/c1-6-28(37,7-2)17-10-11-20-19(15-17)31-25(32-24(35)22-13-12-21(39-22)23(29)30)34(20)16-18-9-8-14-33(18)26(36)38-27(3,4)5/h10-13,15,18,23,37H,6-9,14,16H2,1-5H3,(H,31,32,35)/t18-/m1/s1. The summed E-state index contributed by atoms with van der Waals surface area (Å²) < 4.78 is 33.6. The number of aliphatic hydroxyl groups is 1. The summed E-state index contributed by atoms with van der Waals surface area (Å²) in [5.74, 6) is -0.301. The van der Waals surface area contributed by atoms with Gasteiger partial charge in [-0.1, -0.05) is 19.9 Å². The van der Waals surface area contributed by atoms with E-state index < -0.39 is 29.6 Å². The molecule has 3 aromatic rings. The maximum Gasteiger partial charge on any atom is 0.410 e. The summed E-state index contributed by atoms with van der Waals surface area (Å²) in [4.78, 5) is 32.3. The largest absolute Gasteiger partial charge is 0.444 e. The molecule has 1 atom stereocenters. The quantitative estimate of drug-likeness (QED) is 0.319. The number of nitrogens with one attached hydrogen (secondary N) is 1. The topological polar surface area (TPSA) is 96.7 Å². The zero-order chi connectivity index (χ0) is 28.5. The Labute approximate surface area is 231 Å². The lowest BCUT2D eigenvalue weighted by atomic mass is 9.88. The zero-order valence-electron chi connectivity index (χ0n) is 23.0. The number of nitrogens with zero attached hydrogens (tertiary/aromatic N) is 3. The average Bonchev–Trinajstić information content (AvgIpc) is 3.62. The van der Waals surface area contributed by atoms with Crippen molar-refractivity contribution in [3.8, 4) is 0 Å². The van der Waals surface area contributed by atoms with E-state index >= 15 is 0 Å². The van der Waals surface area contributed by atoms with Crippen molar-refractivity contribution < 1.29 is 28.2 Å². The van der Waals surface area contributed by atoms with Crippen LogP contribution in [0, 0.1) is 0 Å². The number of amides is 2. The van der Waals surface area contributed by atoms with Crippen LogP contribution in [0.15, 0.2) is 30.3 Å². The average molecular weight is 563 g/mol. The first-order valence-corrected chi connectivity index (χ1v) is 14.1. The maximum atomic E-state index is 13.1. The van der Waals surface area contributed by atoms with Gasteiger partial charge in [0.15, 0.2) is 0 Å². The van der Waals surface area contributed by atoms with Crippen molar-refractivity contribution in [3.05, 3.63) is 45.6 Å². The minimum absolute atomic E-state index is 0.146. The number of aromatic nitrogens is 2. The van der Waals surface area contributed by atoms with Gasteiger partial charge in [-0.2, -0.15) is 0 Å². The van der Waals surface area contributed by atoms with E-state index in [0.29, 0.717) is 31.4 Å². The van der Waals surface area contributed by atoms with Gasteiger partial charge in [0.05, 0.1) is 32.4 Å². The Balaban J connectivity index is 1.71. The Morgan fingerprint density at radius 2 is 1.92 bits per heavy atom. The number of rotatable bonds is 8. The molecule has 11 heteroatoms. The summed E-state index contributed by atoms with van der Waals surface area (Å²) in [5.41, 5.74) is 0.375. The molecule has 1 aliphatic heterocycles. The van der Waals surface area contributed by atoms with Crippen molar-refractivity contribution in [1.29, 1.82) is 0 Å². The van der Waals surface area contributed by atoms with E-state index in [1.54, 1.807) is 4.90 Å². The highest BCUT2D eigenvalue weighted by Crippen LogP contribution is 2.33. The molecule has 0 spiro atoms. The predicted molar refractivity (Wildman–Crippen MR) is 147 cm³/mol. The summed E-state index contributed by atoms with van der Waals surface area (Å²) in [6.45, 7) is 10.2. The fraction of sp³-hybridized carbons (Fsp3) is 0.536. The van der Waals surface area contributed by atoms with Gasteiger partial charge in [0.2, 0.25) is 5.95 Å². The lowest BCUT2D eigenvalue weighted by Gasteiger charge is -2.29. The maximum absolute atomic E-state index is 13.1. The molecular weight excluding hydrogens is 526 g/mol. The normalized spacial score (nSPS) is 16.3. The van der Waals surface area contributed by atoms with Crippen LogP contribution in [0.2, 0.25) is 0 Å². The van der Waals surface area contributed by atoms with Crippen molar-refractivity contribution in [2.24, 2.45) is 0 Å². The van der Waals surface area contributed by atoms with Gasteiger partial charge in [0.25, 0.3) is 12.3 Å². The third-order valence-corrected chi connectivity index (χ3v) is 8.24. The third-order valence-electron chi connectivity index (χ3n) is 7.14. The molecule has 0 unspecified atom stereocenters. The number of hydrogen-bond acceptors (Lipinski definition) is 6. The number of anilines is 1. The highest BCUT2D eigenvalue weighted by Gasteiger charge is 2.34. The number of ether oxygens (including phenoxy) is 1. The summed E-state index contributed by atoms with van der Waals surface area (Å²) >= 11 is 0.734. The van der Waals surface area contributed by atoms with Crippen molar-refractivity contribution in [3.63, 3.8) is 0 Å². The molecule has 2 aromatic heterocycles. The molecule has 1 aliphatic rings. The van der Waals surface area contributed by atoms with Gasteiger partial charge in [-0.25, -0.2) is 18.6 Å². The van der Waals surface area contributed by atoms with Crippen LogP contribution in [0.3, 0.4) is 0 Å². The molecule has 2 amide bonds. The third kappa shape index (κ3) is 6.24. The minimum atomic E-state index is -2.66. The van der Waals surface area contributed by atoms with Crippen LogP contribution >= 0.6 is 11.3 Å². The molecule has 0 radical (unpaired) electrons. The second kappa shape index (κ2) is 11.2. The van der Waals surface area contributed by atoms with Gasteiger partial charge in [-0.05, 0) is 76.3 Å². The Bertz CT molecular complexity index is 1340. The number of thiophene rings is 1. The second-order valence-electron chi connectivity index (χ2n) is 10.9. The van der Waals surface area contributed by atoms with Crippen molar-refractivity contribution >= 4 is 40.3 Å². The van der Waals surface area contributed by atoms with Crippen molar-refractivity contribution in [1.82, 2.24) is 14.5 Å². The predicted octanol–water partition coefficient (Wildman–Crippen LogP) is 6.69. The second-order valence-corrected chi connectivity index (χ2v) is 12.0. The summed E-state index contributed by atoms with van der Waals surface area (Å²) in [6.07, 6.45) is -0.436. The molecule has 8 nitrogen and oxygen atoms in total. The van der Waals surface area contributed by atoms with E-state index in [0.717, 1.165) is 35.3 Å². The van der Waals surface area contributed by atoms with Crippen molar-refractivity contribution in [2.45, 2.75) is 90.5 Å². The molecule has 39 heavy (non-hydrogen) atoms. The minimum Gasteiger partial charge on any atom is -0.444 e. The van der Waals surface area contributed by atoms with Crippen LogP contribution in [0.1, 0.15) is 86.8 Å². The molecule has 0 saturated carbocycles. The molecule has 212 valence electrons. The number of alkyl halides is 2. The highest BCUT2D eigenvalue weighted by molar-refractivity contribution is 7.14. The molecule has 0 aliphatic carbocycles. The van der Waals surface area contributed by atoms with E-state index in [-0.39, 0.29) is 21.7 Å². The SMILES string of the molecule is CCC(O)(CC)c1ccc2c(c1)nc(NC(=O)c1ccc(C(F)F)s1)n2C[C@H]1CCCN1C(=O)OC(C)(C)C. The first kappa shape index (κ1) is 28.9. The number of fused-ring (bicyclic) bond motifs is 1. The number of halogens is 2. The van der Waals surface area contributed by atoms with Gasteiger partial charge < -0.3 is 19.3 Å². The molecule has 4 rings (SSSR count). The van der Waals surface area contributed by atoms with Gasteiger partial charge in [0.1, 0.15) is 5.60 Å². The number of benzene rings is 1. The number of carbonyl (C=O) groups is 2. The molecule has 2 N–H and O–H groups in total. The fourth-order valence-corrected chi connectivity index (χ4v) is 5.67. The van der Waals surface area contributed by atoms with Crippen molar-refractivity contribution in [2.75, 3.05) is 11.9 Å². The highest BCUT2D eigenvalue weighted by atomic mass is 32.1. The summed E-state index contributed by atoms with van der Waals surface area (Å²) in [7, 11) is 0. The van der Waals surface area contributed by atoms with Crippen LogP contribution in [-0.4, -0.2) is 49.7 Å². The number of imidazole rings is 1. The molecule has 1 fully saturated rings. The summed E-state index contributed by atoms with van der Waals surface area (Å²) in [6, 6.07) is 7.95. The Morgan fingerprint density at radius 3 is 2.54 bits per heavy atom. The van der Waals surface area contributed by atoms with Crippen LogP contribution in [0.25, 0.3) is 11.0 Å². The lowest BCUT2D eigenvalue weighted by Crippen LogP contribution is -2.41. The number of likely N-dealkylation sites (tertiary alicyclic amines) is 1. The smallest absolute Gasteiger partial charge is 0.410 e. The fourth-order valence-electron chi connectivity index (χ4n) is 4.91. The molecule has 3 heterocycles. The van der Waals surface area contributed by atoms with E-state index in [1.807, 2.05) is 57.4 Å². The Kier molecular flexibility index (Phi) is 8.32. The number of hydrogen-bond donors (Lipinski definition) is 2. The van der Waals surface area contributed by atoms with E-state index in [1.165, 1.54) is 12.1 Å². The molecule has 1 saturated heterocycles. The monoisotopic (exact) mass is 562 g/mol. The van der Waals surface area contributed by atoms with Gasteiger partial charge in [0, 0.05) is 13.1 Å². The van der Waals surface area contributed by atoms with E-state index in [4.69, 9.17) is 4.74 Å². The Hall–Kier alpha value is -3.05. The van der Waals surface area contributed by atoms with Gasteiger partial charge in [-0.3, -0.25) is 10.1 Å². The van der Waals surface area contributed by atoms with E-state index in [9.17, 15) is 23.5 Å². The van der Waals surface area contributed by atoms with Crippen LogP contribution in [0.5, 0.6) is 0 Å². The van der Waals surface area contributed by atoms with Gasteiger partial charge in [-0.15, -0.1) is 11.3 Å². The molecule has 0 bridgehead atoms. The number of carbonyl (C=O) groups excluding carboxylic acids is 2. The van der Waals surface area contributed by atoms with Crippen LogP contribution < -0.4 is 5.32 Å². The zero-order valence-corrected chi connectivity index (χ0v) is 23.8. The van der Waals surface area contributed by atoms with E-state index in [2.05, 4.69) is 10.3 Å². The first-order valence-electron chi connectivity index (χ1n) is 13.3. The molecule has 1 aromatic carbocycles. The van der Waals surface area contributed by atoms with Crippen LogP contribution in [0.4, 0.5) is 19.5 Å². The first-order chi connectivity index (χ1) is 18.3. The van der Waals surface area contributed by atoms with Gasteiger partial charge >= 0.3 is 6.09 Å². The van der Waals surface area contributed by atoms with Crippen LogP contribution in [-0.2, 0) is 16.9 Å². The summed E-state index contributed by atoms with van der Waals surface area (Å²) in [5, 5.41) is 13.9. The lowest BCUT2D eigenvalue weighted by molar-refractivity contribution is 0.0214. The molecular formula is C28H36F2N4O4S.